The molecule has 7 heterocycles. The molecule has 2 radical (unpaired) electrons. The third-order valence-electron chi connectivity index (χ3n) is 7.30. The summed E-state index contributed by atoms with van der Waals surface area (Å²) < 4.78 is 67.9. The van der Waals surface area contributed by atoms with Crippen LogP contribution in [0.25, 0.3) is 22.1 Å². The molecule has 2 unspecified atom stereocenters. The normalized spacial score (nSPS) is 37.2. The summed E-state index contributed by atoms with van der Waals surface area (Å²) in [6.07, 6.45) is -2.47. The van der Waals surface area contributed by atoms with Gasteiger partial charge in [0.05, 0.1) is 11.8 Å². The van der Waals surface area contributed by atoms with Crippen molar-refractivity contribution < 1.29 is 41.4 Å². The minimum atomic E-state index is -4.13. The molecule has 0 amide bonds. The van der Waals surface area contributed by atoms with E-state index in [0.717, 1.165) is 0 Å². The van der Waals surface area contributed by atoms with Crippen LogP contribution in [0, 0.1) is 0 Å². The standard InChI is InChI=1S/C22H22AsFN6O9P2S2/c23-18-11-2-4-29(19(11)27-8-26-18)22-15(24)17-14(37-22)7-35-40(32,42)38-13-5-10(6-34-41(33,43)39-17)36-21(13)30-9-28-16-12(30)1-3-25-20(16)31/h1-4,8-10,13-15,17,21-22H,5-7H2,(H,25,31)(H,32,42)(H,33,43)/t10-,13+,14+,15-,17+,21+,22+,40?,41?/m0/s1. The van der Waals surface area contributed by atoms with Crippen molar-refractivity contribution >= 4 is 81.0 Å². The Hall–Kier alpha value is -1.52. The van der Waals surface area contributed by atoms with E-state index in [2.05, 4.69) is 49.0 Å². The summed E-state index contributed by atoms with van der Waals surface area (Å²) in [6, 6.07) is 3.35. The van der Waals surface area contributed by atoms with Crippen LogP contribution in [0.4, 0.5) is 4.39 Å². The SMILES string of the molecule is O=c1[nH]ccc2c1ncn2[C@@H]1O[C@@H]2COP(O)(=S)O[C@H]3[C@H](F)[C@H](n4ccc5c([As])ncnc54)O[C@@H]3COP(=O)(S)O[C@@H]1C2. The number of aromatic nitrogens is 6. The van der Waals surface area contributed by atoms with Gasteiger partial charge >= 0.3 is 190 Å². The number of halogens is 1. The quantitative estimate of drug-likeness (QED) is 0.154. The average Bonchev–Trinajstić information content (AvgIpc) is 3.72. The zero-order valence-corrected chi connectivity index (χ0v) is 27.0. The van der Waals surface area contributed by atoms with E-state index >= 15 is 4.39 Å². The first-order chi connectivity index (χ1) is 20.5. The van der Waals surface area contributed by atoms with Crippen LogP contribution in [0.5, 0.6) is 0 Å². The predicted molar refractivity (Wildman–Crippen MR) is 155 cm³/mol. The zero-order chi connectivity index (χ0) is 30.1. The molecule has 0 saturated carbocycles. The first-order valence-corrected chi connectivity index (χ1v) is 19.0. The second-order valence-electron chi connectivity index (χ2n) is 9.99. The third-order valence-corrected chi connectivity index (χ3v) is 11.2. The van der Waals surface area contributed by atoms with Gasteiger partial charge in [-0.15, -0.1) is 0 Å². The van der Waals surface area contributed by atoms with Gasteiger partial charge in [-0.2, -0.15) is 0 Å². The van der Waals surface area contributed by atoms with E-state index < -0.39 is 68.7 Å². The first kappa shape index (κ1) is 30.1. The Bertz CT molecular complexity index is 1860. The molecule has 3 saturated heterocycles. The molecule has 4 aromatic rings. The van der Waals surface area contributed by atoms with E-state index in [-0.39, 0.29) is 18.5 Å². The van der Waals surface area contributed by atoms with Gasteiger partial charge in [0.15, 0.2) is 11.7 Å². The number of fused-ring (bicyclic) bond motifs is 5. The molecule has 2 bridgehead atoms. The summed E-state index contributed by atoms with van der Waals surface area (Å²) >= 11 is 11.7. The van der Waals surface area contributed by atoms with Gasteiger partial charge in [0, 0.05) is 12.6 Å². The molecule has 228 valence electrons. The minimum Gasteiger partial charge on any atom is 0.00723 e. The van der Waals surface area contributed by atoms with E-state index in [4.69, 9.17) is 39.4 Å². The molecule has 15 nitrogen and oxygen atoms in total. The Kier molecular flexibility index (Phi) is 7.97. The smallest absolute Gasteiger partial charge is 0.00723 e. The monoisotopic (exact) mass is 734 g/mol. The number of alkyl halides is 1. The average molecular weight is 734 g/mol. The van der Waals surface area contributed by atoms with Gasteiger partial charge in [0.25, 0.3) is 5.56 Å². The molecule has 0 aromatic carbocycles. The summed E-state index contributed by atoms with van der Waals surface area (Å²) in [4.78, 5) is 38.2. The number of imidazole rings is 1. The van der Waals surface area contributed by atoms with Gasteiger partial charge in [0.2, 0.25) is 0 Å². The van der Waals surface area contributed by atoms with Gasteiger partial charge in [-0.25, -0.2) is 4.98 Å². The molecule has 43 heavy (non-hydrogen) atoms. The molecule has 2 N–H and O–H groups in total. The number of pyridine rings is 1. The minimum absolute atomic E-state index is 0.120. The van der Waals surface area contributed by atoms with Crippen LogP contribution in [-0.4, -0.2) is 94.6 Å². The van der Waals surface area contributed by atoms with E-state index in [9.17, 15) is 14.3 Å². The van der Waals surface area contributed by atoms with Crippen LogP contribution in [0.1, 0.15) is 18.9 Å². The van der Waals surface area contributed by atoms with Crippen LogP contribution in [-0.2, 0) is 43.9 Å². The van der Waals surface area contributed by atoms with Crippen molar-refractivity contribution in [2.24, 2.45) is 0 Å². The topological polar surface area (TPSA) is 174 Å². The van der Waals surface area contributed by atoms with E-state index in [1.165, 1.54) is 23.4 Å². The van der Waals surface area contributed by atoms with E-state index in [0.29, 0.717) is 21.0 Å². The molecular weight excluding hydrogens is 712 g/mol. The Morgan fingerprint density at radius 1 is 1.12 bits per heavy atom. The Balaban J connectivity index is 1.18. The second kappa shape index (κ2) is 11.4. The van der Waals surface area contributed by atoms with E-state index in [1.54, 1.807) is 22.9 Å². The number of hydrogen-bond acceptors (Lipinski definition) is 12. The number of thiol groups is 1. The van der Waals surface area contributed by atoms with Crippen molar-refractivity contribution in [2.75, 3.05) is 13.2 Å². The number of rotatable bonds is 2. The van der Waals surface area contributed by atoms with Gasteiger partial charge < -0.3 is 14.3 Å². The fourth-order valence-corrected chi connectivity index (χ4v) is 8.83. The zero-order valence-electron chi connectivity index (χ0n) is 21.7. The fourth-order valence-electron chi connectivity index (χ4n) is 5.41. The third kappa shape index (κ3) is 5.71. The predicted octanol–water partition coefficient (Wildman–Crippen LogP) is 1.56. The summed E-state index contributed by atoms with van der Waals surface area (Å²) in [7, 11) is 0. The first-order valence-electron chi connectivity index (χ1n) is 12.8. The number of nitrogens with zero attached hydrogens (tertiary/aromatic N) is 5. The van der Waals surface area contributed by atoms with Crippen molar-refractivity contribution in [2.45, 2.75) is 49.5 Å². The molecule has 7 rings (SSSR count). The fraction of sp³-hybridized carbons (Fsp3) is 0.455. The van der Waals surface area contributed by atoms with Crippen molar-refractivity contribution in [3.63, 3.8) is 0 Å². The molecular formula is C22H22AsFN6O9P2S2. The molecule has 0 spiro atoms. The number of aromatic amines is 1. The van der Waals surface area contributed by atoms with Gasteiger partial charge in [0.1, 0.15) is 0 Å². The Morgan fingerprint density at radius 3 is 2.79 bits per heavy atom. The van der Waals surface area contributed by atoms with Gasteiger partial charge in [-0.05, 0) is 6.07 Å². The second-order valence-corrected chi connectivity index (χ2v) is 16.5. The summed E-state index contributed by atoms with van der Waals surface area (Å²) in [6.45, 7) is -8.94. The molecule has 3 aliphatic rings. The molecule has 3 fully saturated rings. The number of nitrogens with one attached hydrogen (secondary N) is 1. The summed E-state index contributed by atoms with van der Waals surface area (Å²) in [5.41, 5.74) is 0.610. The molecule has 21 heteroatoms. The van der Waals surface area contributed by atoms with E-state index in [1.807, 2.05) is 0 Å². The maximum absolute atomic E-state index is 16.0. The van der Waals surface area contributed by atoms with Crippen molar-refractivity contribution in [3.8, 4) is 0 Å². The van der Waals surface area contributed by atoms with Gasteiger partial charge in [-0.1, -0.05) is 0 Å². The molecule has 3 aliphatic heterocycles. The Morgan fingerprint density at radius 2 is 1.95 bits per heavy atom. The van der Waals surface area contributed by atoms with Gasteiger partial charge in [-0.3, -0.25) is 4.79 Å². The molecule has 9 atom stereocenters. The van der Waals surface area contributed by atoms with Crippen molar-refractivity contribution in [1.29, 1.82) is 0 Å². The van der Waals surface area contributed by atoms with Crippen LogP contribution in [0.2, 0.25) is 0 Å². The van der Waals surface area contributed by atoms with Crippen LogP contribution < -0.4 is 10.0 Å². The molecule has 0 aliphatic carbocycles. The molecule has 4 aromatic heterocycles. The number of H-pyrrole nitrogens is 1. The van der Waals surface area contributed by atoms with Crippen LogP contribution in [0.3, 0.4) is 0 Å². The van der Waals surface area contributed by atoms with Crippen molar-refractivity contribution in [1.82, 2.24) is 29.1 Å². The van der Waals surface area contributed by atoms with Crippen LogP contribution in [0.15, 0.2) is 42.0 Å². The summed E-state index contributed by atoms with van der Waals surface area (Å²) in [5.74, 6) is 0. The number of ether oxygens (including phenoxy) is 2. The number of hydrogen-bond donors (Lipinski definition) is 3. The van der Waals surface area contributed by atoms with Crippen molar-refractivity contribution in [3.05, 3.63) is 47.5 Å². The Labute approximate surface area is 260 Å². The summed E-state index contributed by atoms with van der Waals surface area (Å²) in [5, 5.41) is 0.668. The maximum atomic E-state index is 16.0. The van der Waals surface area contributed by atoms with Crippen LogP contribution >= 0.6 is 25.8 Å².